The Balaban J connectivity index is 2.19. The van der Waals surface area contributed by atoms with Crippen molar-refractivity contribution in [2.24, 2.45) is 0 Å². The van der Waals surface area contributed by atoms with Crippen LogP contribution in [0.25, 0.3) is 22.0 Å². The number of aryl methyl sites for hydroxylation is 1. The fraction of sp³-hybridized carbons (Fsp3) is 0.200. The molecule has 1 aromatic heterocycles. The van der Waals surface area contributed by atoms with Gasteiger partial charge in [0.1, 0.15) is 0 Å². The highest BCUT2D eigenvalue weighted by molar-refractivity contribution is 6.04. The smallest absolute Gasteiger partial charge is 0.338 e. The Hall–Kier alpha value is -2.82. The number of carbonyl (C=O) groups is 1. The maximum atomic E-state index is 13.6. The van der Waals surface area contributed by atoms with Gasteiger partial charge in [-0.15, -0.1) is 0 Å². The molecule has 0 fully saturated rings. The molecule has 3 aromatic rings. The first kappa shape index (κ1) is 17.0. The molecule has 0 N–H and O–H groups in total. The number of halogens is 2. The van der Waals surface area contributed by atoms with E-state index in [1.165, 1.54) is 19.2 Å². The van der Waals surface area contributed by atoms with E-state index in [1.807, 2.05) is 6.07 Å². The van der Waals surface area contributed by atoms with E-state index in [-0.39, 0.29) is 5.56 Å². The predicted octanol–water partition coefficient (Wildman–Crippen LogP) is 5.11. The summed E-state index contributed by atoms with van der Waals surface area (Å²) in [5.74, 6) is -3.37. The Labute approximate surface area is 144 Å². The largest absolute Gasteiger partial charge is 0.465 e. The van der Waals surface area contributed by atoms with Crippen LogP contribution in [0, 0.1) is 6.92 Å². The number of hydrogen-bond acceptors (Lipinski definition) is 3. The Morgan fingerprint density at radius 1 is 1.08 bits per heavy atom. The minimum Gasteiger partial charge on any atom is -0.465 e. The van der Waals surface area contributed by atoms with Gasteiger partial charge in [-0.05, 0) is 42.3 Å². The van der Waals surface area contributed by atoms with Gasteiger partial charge in [-0.3, -0.25) is 4.98 Å². The highest BCUT2D eigenvalue weighted by Crippen LogP contribution is 2.32. The lowest BCUT2D eigenvalue weighted by Crippen LogP contribution is -2.06. The molecule has 0 aliphatic rings. The third-order valence-electron chi connectivity index (χ3n) is 4.04. The summed E-state index contributed by atoms with van der Waals surface area (Å²) in [5, 5.41) is 0.628. The Morgan fingerprint density at radius 2 is 1.80 bits per heavy atom. The van der Waals surface area contributed by atoms with Crippen molar-refractivity contribution in [1.82, 2.24) is 4.98 Å². The average Bonchev–Trinajstić information content (AvgIpc) is 2.59. The van der Waals surface area contributed by atoms with Crippen molar-refractivity contribution in [2.45, 2.75) is 19.8 Å². The summed E-state index contributed by atoms with van der Waals surface area (Å²) in [4.78, 5) is 16.5. The van der Waals surface area contributed by atoms with Gasteiger partial charge >= 0.3 is 5.97 Å². The number of alkyl halides is 2. The van der Waals surface area contributed by atoms with Crippen LogP contribution in [-0.4, -0.2) is 18.1 Å². The maximum absolute atomic E-state index is 13.6. The van der Waals surface area contributed by atoms with Crippen LogP contribution in [0.3, 0.4) is 0 Å². The second-order valence-electron chi connectivity index (χ2n) is 6.00. The minimum absolute atomic E-state index is 0.0553. The molecule has 0 atom stereocenters. The number of pyridine rings is 1. The second kappa shape index (κ2) is 6.24. The van der Waals surface area contributed by atoms with Crippen molar-refractivity contribution < 1.29 is 18.3 Å². The van der Waals surface area contributed by atoms with E-state index in [0.717, 1.165) is 12.5 Å². The summed E-state index contributed by atoms with van der Waals surface area (Å²) >= 11 is 0. The molecule has 2 aromatic carbocycles. The number of hydrogen-bond donors (Lipinski definition) is 0. The second-order valence-corrected chi connectivity index (χ2v) is 6.00. The summed E-state index contributed by atoms with van der Waals surface area (Å²) in [7, 11) is 1.32. The van der Waals surface area contributed by atoms with Crippen LogP contribution in [-0.2, 0) is 10.7 Å². The fourth-order valence-electron chi connectivity index (χ4n) is 2.79. The summed E-state index contributed by atoms with van der Waals surface area (Å²) < 4.78 is 32.0. The van der Waals surface area contributed by atoms with E-state index < -0.39 is 11.9 Å². The number of fused-ring (bicyclic) bond motifs is 1. The molecule has 0 aliphatic heterocycles. The zero-order valence-electron chi connectivity index (χ0n) is 14.1. The molecular weight excluding hydrogens is 324 g/mol. The van der Waals surface area contributed by atoms with Crippen molar-refractivity contribution in [2.75, 3.05) is 7.11 Å². The topological polar surface area (TPSA) is 39.2 Å². The van der Waals surface area contributed by atoms with Crippen LogP contribution in [0.5, 0.6) is 0 Å². The van der Waals surface area contributed by atoms with Crippen LogP contribution >= 0.6 is 0 Å². The minimum atomic E-state index is -2.91. The van der Waals surface area contributed by atoms with Crippen molar-refractivity contribution in [3.63, 3.8) is 0 Å². The molecule has 5 heteroatoms. The first-order valence-electron chi connectivity index (χ1n) is 7.78. The van der Waals surface area contributed by atoms with Gasteiger partial charge in [0.2, 0.25) is 0 Å². The standard InChI is InChI=1S/C20H17F2NO2/c1-12-9-17(19(24)25-3)16-11-14(7-8-18(16)23-12)13-5-4-6-15(10-13)20(2,21)22/h4-11H,1-3H3. The van der Waals surface area contributed by atoms with Gasteiger partial charge in [-0.25, -0.2) is 13.6 Å². The first-order chi connectivity index (χ1) is 11.8. The van der Waals surface area contributed by atoms with E-state index >= 15 is 0 Å². The number of rotatable bonds is 3. The van der Waals surface area contributed by atoms with Gasteiger partial charge < -0.3 is 4.74 Å². The van der Waals surface area contributed by atoms with Crippen LogP contribution in [0.2, 0.25) is 0 Å². The molecule has 25 heavy (non-hydrogen) atoms. The van der Waals surface area contributed by atoms with Crippen LogP contribution in [0.15, 0.2) is 48.5 Å². The molecule has 0 amide bonds. The van der Waals surface area contributed by atoms with Crippen LogP contribution in [0.1, 0.15) is 28.5 Å². The van der Waals surface area contributed by atoms with Gasteiger partial charge in [-0.2, -0.15) is 0 Å². The van der Waals surface area contributed by atoms with Crippen molar-refractivity contribution in [3.05, 3.63) is 65.4 Å². The number of ether oxygens (including phenoxy) is 1. The highest BCUT2D eigenvalue weighted by atomic mass is 19.3. The number of esters is 1. The van der Waals surface area contributed by atoms with E-state index in [0.29, 0.717) is 27.7 Å². The van der Waals surface area contributed by atoms with E-state index in [9.17, 15) is 13.6 Å². The van der Waals surface area contributed by atoms with Crippen molar-refractivity contribution in [3.8, 4) is 11.1 Å². The number of methoxy groups -OCH3 is 1. The zero-order chi connectivity index (χ0) is 18.2. The third kappa shape index (κ3) is 3.36. The normalized spacial score (nSPS) is 11.6. The molecule has 0 saturated carbocycles. The van der Waals surface area contributed by atoms with Gasteiger partial charge in [0.25, 0.3) is 5.92 Å². The third-order valence-corrected chi connectivity index (χ3v) is 4.04. The molecule has 0 saturated heterocycles. The SMILES string of the molecule is COC(=O)c1cc(C)nc2ccc(-c3cccc(C(C)(F)F)c3)cc12. The molecule has 0 aliphatic carbocycles. The Kier molecular flexibility index (Phi) is 4.25. The Morgan fingerprint density at radius 3 is 2.48 bits per heavy atom. The molecule has 0 radical (unpaired) electrons. The van der Waals surface area contributed by atoms with E-state index in [4.69, 9.17) is 4.74 Å². The summed E-state index contributed by atoms with van der Waals surface area (Å²) in [6, 6.07) is 13.2. The predicted molar refractivity (Wildman–Crippen MR) is 92.8 cm³/mol. The van der Waals surface area contributed by atoms with E-state index in [1.54, 1.807) is 37.3 Å². The highest BCUT2D eigenvalue weighted by Gasteiger charge is 2.24. The molecule has 0 unspecified atom stereocenters. The van der Waals surface area contributed by atoms with Gasteiger partial charge in [-0.1, -0.05) is 24.3 Å². The number of benzene rings is 2. The van der Waals surface area contributed by atoms with Crippen LogP contribution < -0.4 is 0 Å². The van der Waals surface area contributed by atoms with E-state index in [2.05, 4.69) is 4.98 Å². The van der Waals surface area contributed by atoms with Gasteiger partial charge in [0.15, 0.2) is 0 Å². The first-order valence-corrected chi connectivity index (χ1v) is 7.78. The van der Waals surface area contributed by atoms with Gasteiger partial charge in [0, 0.05) is 23.6 Å². The maximum Gasteiger partial charge on any atom is 0.338 e. The number of nitrogens with zero attached hydrogens (tertiary/aromatic N) is 1. The molecule has 1 heterocycles. The zero-order valence-corrected chi connectivity index (χ0v) is 14.1. The van der Waals surface area contributed by atoms with Gasteiger partial charge in [0.05, 0.1) is 18.2 Å². The van der Waals surface area contributed by atoms with Crippen LogP contribution in [0.4, 0.5) is 8.78 Å². The number of aromatic nitrogens is 1. The lowest BCUT2D eigenvalue weighted by molar-refractivity contribution is 0.0175. The summed E-state index contributed by atoms with van der Waals surface area (Å²) in [5.41, 5.74) is 3.09. The molecule has 128 valence electrons. The molecule has 3 rings (SSSR count). The lowest BCUT2D eigenvalue weighted by atomic mass is 9.98. The molecule has 3 nitrogen and oxygen atoms in total. The summed E-state index contributed by atoms with van der Waals surface area (Å²) in [6.45, 7) is 2.67. The van der Waals surface area contributed by atoms with Crippen molar-refractivity contribution >= 4 is 16.9 Å². The number of carbonyl (C=O) groups excluding carboxylic acids is 1. The molecule has 0 bridgehead atoms. The fourth-order valence-corrected chi connectivity index (χ4v) is 2.79. The lowest BCUT2D eigenvalue weighted by Gasteiger charge is -2.13. The monoisotopic (exact) mass is 341 g/mol. The summed E-state index contributed by atoms with van der Waals surface area (Å²) in [6.07, 6.45) is 0. The average molecular weight is 341 g/mol. The van der Waals surface area contributed by atoms with Crippen molar-refractivity contribution in [1.29, 1.82) is 0 Å². The molecule has 0 spiro atoms. The quantitative estimate of drug-likeness (QED) is 0.622. The molecular formula is C20H17F2NO2. The Bertz CT molecular complexity index is 962.